The first kappa shape index (κ1) is 12.2. The van der Waals surface area contributed by atoms with E-state index in [0.29, 0.717) is 16.5 Å². The molecule has 2 heterocycles. The van der Waals surface area contributed by atoms with E-state index in [0.717, 1.165) is 31.2 Å². The van der Waals surface area contributed by atoms with E-state index in [4.69, 9.17) is 10.5 Å². The van der Waals surface area contributed by atoms with Gasteiger partial charge in [0.05, 0.1) is 24.4 Å². The summed E-state index contributed by atoms with van der Waals surface area (Å²) in [4.78, 5) is 11.8. The van der Waals surface area contributed by atoms with Crippen molar-refractivity contribution in [2.24, 2.45) is 5.92 Å². The third kappa shape index (κ3) is 2.89. The lowest BCUT2D eigenvalue weighted by molar-refractivity contribution is 0.0607. The van der Waals surface area contributed by atoms with Gasteiger partial charge in [0.2, 0.25) is 0 Å². The van der Waals surface area contributed by atoms with Gasteiger partial charge in [-0.1, -0.05) is 0 Å². The van der Waals surface area contributed by atoms with Crippen molar-refractivity contribution >= 4 is 28.0 Å². The van der Waals surface area contributed by atoms with Crippen molar-refractivity contribution in [2.45, 2.75) is 6.42 Å². The lowest BCUT2D eigenvalue weighted by atomic mass is 10.1. The lowest BCUT2D eigenvalue weighted by Gasteiger charge is -2.08. The van der Waals surface area contributed by atoms with E-state index in [2.05, 4.69) is 10.1 Å². The van der Waals surface area contributed by atoms with Gasteiger partial charge in [-0.2, -0.15) is 0 Å². The van der Waals surface area contributed by atoms with Gasteiger partial charge in [-0.15, -0.1) is 11.3 Å². The van der Waals surface area contributed by atoms with Gasteiger partial charge in [-0.05, 0) is 12.5 Å². The van der Waals surface area contributed by atoms with E-state index in [1.807, 2.05) is 0 Å². The summed E-state index contributed by atoms with van der Waals surface area (Å²) in [5, 5.41) is 4.18. The molecular formula is C11H16N2O3S. The Balaban J connectivity index is 1.94. The number of anilines is 2. The molecule has 1 atom stereocenters. The average Bonchev–Trinajstić information content (AvgIpc) is 2.94. The molecule has 0 radical (unpaired) electrons. The standard InChI is InChI=1S/C11H16N2O3S/c1-15-11(14)10-8(12)4-9(17-10)13-5-7-2-3-16-6-7/h4,7,13H,2-3,5-6,12H2,1H3. The van der Waals surface area contributed by atoms with Gasteiger partial charge >= 0.3 is 5.97 Å². The Morgan fingerprint density at radius 3 is 3.24 bits per heavy atom. The van der Waals surface area contributed by atoms with E-state index < -0.39 is 0 Å². The lowest BCUT2D eigenvalue weighted by Crippen LogP contribution is -2.13. The van der Waals surface area contributed by atoms with Crippen molar-refractivity contribution in [1.82, 2.24) is 0 Å². The molecule has 1 saturated heterocycles. The van der Waals surface area contributed by atoms with Crippen molar-refractivity contribution in [2.75, 3.05) is 37.9 Å². The van der Waals surface area contributed by atoms with Crippen LogP contribution in [-0.4, -0.2) is 32.8 Å². The first-order chi connectivity index (χ1) is 8.20. The zero-order valence-electron chi connectivity index (χ0n) is 9.69. The molecule has 6 heteroatoms. The number of nitrogens with one attached hydrogen (secondary N) is 1. The molecule has 3 N–H and O–H groups in total. The van der Waals surface area contributed by atoms with Crippen LogP contribution >= 0.6 is 11.3 Å². The monoisotopic (exact) mass is 256 g/mol. The second-order valence-electron chi connectivity index (χ2n) is 4.00. The largest absolute Gasteiger partial charge is 0.465 e. The molecule has 0 bridgehead atoms. The summed E-state index contributed by atoms with van der Waals surface area (Å²) in [5.41, 5.74) is 6.21. The van der Waals surface area contributed by atoms with Crippen LogP contribution in [-0.2, 0) is 9.47 Å². The number of thiophene rings is 1. The van der Waals surface area contributed by atoms with Gasteiger partial charge in [0.15, 0.2) is 0 Å². The smallest absolute Gasteiger partial charge is 0.350 e. The average molecular weight is 256 g/mol. The summed E-state index contributed by atoms with van der Waals surface area (Å²) >= 11 is 1.32. The van der Waals surface area contributed by atoms with Crippen LogP contribution in [0.25, 0.3) is 0 Å². The highest BCUT2D eigenvalue weighted by molar-refractivity contribution is 7.18. The SMILES string of the molecule is COC(=O)c1sc(NCC2CCOC2)cc1N. The van der Waals surface area contributed by atoms with E-state index in [1.165, 1.54) is 18.4 Å². The summed E-state index contributed by atoms with van der Waals surface area (Å²) in [7, 11) is 1.35. The molecule has 0 aromatic carbocycles. The number of esters is 1. The molecule has 0 aliphatic carbocycles. The molecular weight excluding hydrogens is 240 g/mol. The molecule has 1 unspecified atom stereocenters. The first-order valence-electron chi connectivity index (χ1n) is 5.50. The molecule has 0 saturated carbocycles. The third-order valence-corrected chi connectivity index (χ3v) is 3.81. The highest BCUT2D eigenvalue weighted by Crippen LogP contribution is 2.30. The molecule has 0 amide bonds. The number of nitrogens with two attached hydrogens (primary N) is 1. The van der Waals surface area contributed by atoms with Gasteiger partial charge in [-0.3, -0.25) is 0 Å². The maximum atomic E-state index is 11.4. The molecule has 94 valence electrons. The van der Waals surface area contributed by atoms with Gasteiger partial charge in [0, 0.05) is 19.1 Å². The van der Waals surface area contributed by atoms with Crippen molar-refractivity contribution in [3.05, 3.63) is 10.9 Å². The quantitative estimate of drug-likeness (QED) is 0.800. The second-order valence-corrected chi connectivity index (χ2v) is 5.05. The molecule has 1 aromatic heterocycles. The zero-order valence-corrected chi connectivity index (χ0v) is 10.5. The number of nitrogen functional groups attached to an aromatic ring is 1. The number of methoxy groups -OCH3 is 1. The van der Waals surface area contributed by atoms with Gasteiger partial charge < -0.3 is 20.5 Å². The van der Waals surface area contributed by atoms with Crippen molar-refractivity contribution in [3.8, 4) is 0 Å². The minimum atomic E-state index is -0.384. The predicted molar refractivity (Wildman–Crippen MR) is 67.5 cm³/mol. The Morgan fingerprint density at radius 2 is 2.59 bits per heavy atom. The van der Waals surface area contributed by atoms with Gasteiger partial charge in [-0.25, -0.2) is 4.79 Å². The van der Waals surface area contributed by atoms with Crippen molar-refractivity contribution < 1.29 is 14.3 Å². The van der Waals surface area contributed by atoms with Crippen LogP contribution in [0.5, 0.6) is 0 Å². The Bertz CT molecular complexity index is 399. The molecule has 17 heavy (non-hydrogen) atoms. The molecule has 1 aliphatic rings. The molecule has 5 nitrogen and oxygen atoms in total. The summed E-state index contributed by atoms with van der Waals surface area (Å²) in [6, 6.07) is 1.77. The third-order valence-electron chi connectivity index (χ3n) is 2.72. The van der Waals surface area contributed by atoms with E-state index in [-0.39, 0.29) is 5.97 Å². The number of rotatable bonds is 4. The number of ether oxygens (including phenoxy) is 2. The summed E-state index contributed by atoms with van der Waals surface area (Å²) in [5.74, 6) is 0.157. The van der Waals surface area contributed by atoms with Gasteiger partial charge in [0.25, 0.3) is 0 Å². The van der Waals surface area contributed by atoms with Crippen LogP contribution in [0.4, 0.5) is 10.7 Å². The molecule has 2 rings (SSSR count). The van der Waals surface area contributed by atoms with E-state index in [9.17, 15) is 4.79 Å². The van der Waals surface area contributed by atoms with Crippen LogP contribution < -0.4 is 11.1 Å². The van der Waals surface area contributed by atoms with E-state index >= 15 is 0 Å². The number of hydrogen-bond acceptors (Lipinski definition) is 6. The highest BCUT2D eigenvalue weighted by Gasteiger charge is 2.17. The van der Waals surface area contributed by atoms with Crippen molar-refractivity contribution in [3.63, 3.8) is 0 Å². The van der Waals surface area contributed by atoms with Crippen LogP contribution in [0, 0.1) is 5.92 Å². The number of carbonyl (C=O) groups is 1. The molecule has 1 fully saturated rings. The van der Waals surface area contributed by atoms with Crippen LogP contribution in [0.3, 0.4) is 0 Å². The molecule has 1 aliphatic heterocycles. The Hall–Kier alpha value is -1.27. The predicted octanol–water partition coefficient (Wildman–Crippen LogP) is 1.57. The topological polar surface area (TPSA) is 73.6 Å². The van der Waals surface area contributed by atoms with Gasteiger partial charge in [0.1, 0.15) is 4.88 Å². The van der Waals surface area contributed by atoms with Crippen LogP contribution in [0.2, 0.25) is 0 Å². The summed E-state index contributed by atoms with van der Waals surface area (Å²) in [6.45, 7) is 2.49. The molecule has 0 spiro atoms. The Labute approximate surface area is 104 Å². The fourth-order valence-electron chi connectivity index (χ4n) is 1.73. The maximum absolute atomic E-state index is 11.4. The van der Waals surface area contributed by atoms with Crippen LogP contribution in [0.1, 0.15) is 16.1 Å². The summed E-state index contributed by atoms with van der Waals surface area (Å²) < 4.78 is 9.95. The minimum absolute atomic E-state index is 0.384. The number of carbonyl (C=O) groups excluding carboxylic acids is 1. The fraction of sp³-hybridized carbons (Fsp3) is 0.545. The van der Waals surface area contributed by atoms with E-state index in [1.54, 1.807) is 6.07 Å². The minimum Gasteiger partial charge on any atom is -0.465 e. The Morgan fingerprint density at radius 1 is 1.76 bits per heavy atom. The fourth-order valence-corrected chi connectivity index (χ4v) is 2.64. The zero-order chi connectivity index (χ0) is 12.3. The summed E-state index contributed by atoms with van der Waals surface area (Å²) in [6.07, 6.45) is 1.08. The normalized spacial score (nSPS) is 19.2. The van der Waals surface area contributed by atoms with Crippen molar-refractivity contribution in [1.29, 1.82) is 0 Å². The Kier molecular flexibility index (Phi) is 3.86. The molecule has 1 aromatic rings. The maximum Gasteiger partial charge on any atom is 0.350 e. The number of hydrogen-bond donors (Lipinski definition) is 2. The van der Waals surface area contributed by atoms with Crippen LogP contribution in [0.15, 0.2) is 6.07 Å². The highest BCUT2D eigenvalue weighted by atomic mass is 32.1. The first-order valence-corrected chi connectivity index (χ1v) is 6.31. The second kappa shape index (κ2) is 5.37.